The Kier molecular flexibility index (Phi) is 5.74. The van der Waals surface area contributed by atoms with E-state index in [-0.39, 0.29) is 10.6 Å². The lowest BCUT2D eigenvalue weighted by Crippen LogP contribution is -2.35. The van der Waals surface area contributed by atoms with Gasteiger partial charge in [0.25, 0.3) is 0 Å². The second kappa shape index (κ2) is 8.23. The summed E-state index contributed by atoms with van der Waals surface area (Å²) < 4.78 is 32.2. The second-order valence-corrected chi connectivity index (χ2v) is 10.6. The molecule has 4 aromatic rings. The molecule has 0 spiro atoms. The molecule has 0 saturated carbocycles. The van der Waals surface area contributed by atoms with Crippen LogP contribution in [0.4, 0.5) is 10.2 Å². The molecule has 32 heavy (non-hydrogen) atoms. The number of H-pyrrole nitrogens is 1. The number of hydrogen-bond acceptors (Lipinski definition) is 5. The number of hydrogen-bond donors (Lipinski definition) is 3. The average Bonchev–Trinajstić information content (AvgIpc) is 3.34. The Morgan fingerprint density at radius 1 is 1.31 bits per heavy atom. The summed E-state index contributed by atoms with van der Waals surface area (Å²) in [5, 5.41) is 9.84. The first-order valence-corrected chi connectivity index (χ1v) is 11.2. The number of anilines is 1. The highest BCUT2D eigenvalue weighted by Crippen LogP contribution is 2.40. The quantitative estimate of drug-likeness (QED) is 0.366. The van der Waals surface area contributed by atoms with Gasteiger partial charge in [-0.3, -0.25) is 14.9 Å². The Morgan fingerprint density at radius 2 is 2.06 bits per heavy atom. The van der Waals surface area contributed by atoms with Crippen molar-refractivity contribution in [3.63, 3.8) is 0 Å². The molecule has 0 aliphatic carbocycles. The number of imidazole rings is 1. The third kappa shape index (κ3) is 3.87. The van der Waals surface area contributed by atoms with E-state index in [4.69, 9.17) is 11.6 Å². The molecule has 168 valence electrons. The van der Waals surface area contributed by atoms with E-state index in [9.17, 15) is 9.00 Å². The van der Waals surface area contributed by atoms with Gasteiger partial charge in [0.2, 0.25) is 6.41 Å². The van der Waals surface area contributed by atoms with Crippen LogP contribution in [0.3, 0.4) is 0 Å². The van der Waals surface area contributed by atoms with Crippen molar-refractivity contribution in [2.75, 3.05) is 5.32 Å². The number of amides is 1. The number of benzene rings is 1. The number of aromatic amines is 1. The van der Waals surface area contributed by atoms with Crippen LogP contribution in [-0.4, -0.2) is 39.9 Å². The van der Waals surface area contributed by atoms with E-state index in [2.05, 4.69) is 30.2 Å². The molecule has 1 amide bonds. The van der Waals surface area contributed by atoms with E-state index in [0.717, 1.165) is 0 Å². The van der Waals surface area contributed by atoms with E-state index in [1.54, 1.807) is 29.9 Å². The summed E-state index contributed by atoms with van der Waals surface area (Å²) in [5.41, 5.74) is 1.93. The molecule has 9 nitrogen and oxygen atoms in total. The number of nitrogens with one attached hydrogen (secondary N) is 3. The van der Waals surface area contributed by atoms with Gasteiger partial charge in [-0.15, -0.1) is 0 Å². The Labute approximate surface area is 190 Å². The van der Waals surface area contributed by atoms with E-state index in [0.29, 0.717) is 40.0 Å². The number of aromatic nitrogens is 5. The molecule has 0 aliphatic rings. The van der Waals surface area contributed by atoms with Crippen molar-refractivity contribution in [2.24, 2.45) is 0 Å². The van der Waals surface area contributed by atoms with Crippen LogP contribution in [0.1, 0.15) is 39.3 Å². The van der Waals surface area contributed by atoms with Crippen LogP contribution in [0, 0.1) is 5.82 Å². The minimum Gasteiger partial charge on any atom is -0.312 e. The Hall–Kier alpha value is -2.89. The normalized spacial score (nSPS) is 14.1. The fraction of sp³-hybridized carbons (Fsp3) is 0.300. The first kappa shape index (κ1) is 22.3. The van der Waals surface area contributed by atoms with E-state index < -0.39 is 27.6 Å². The van der Waals surface area contributed by atoms with Gasteiger partial charge in [-0.1, -0.05) is 11.6 Å². The molecule has 2 atom stereocenters. The van der Waals surface area contributed by atoms with Gasteiger partial charge in [0.1, 0.15) is 5.82 Å². The highest BCUT2D eigenvalue weighted by Gasteiger charge is 2.28. The molecule has 2 unspecified atom stereocenters. The molecule has 3 aromatic heterocycles. The van der Waals surface area contributed by atoms with Gasteiger partial charge in [-0.25, -0.2) is 18.3 Å². The molecule has 0 radical (unpaired) electrons. The van der Waals surface area contributed by atoms with E-state index in [1.165, 1.54) is 6.20 Å². The summed E-state index contributed by atoms with van der Waals surface area (Å²) in [4.78, 5) is 19.3. The third-order valence-electron chi connectivity index (χ3n) is 4.90. The van der Waals surface area contributed by atoms with Gasteiger partial charge in [0.05, 0.1) is 50.6 Å². The summed E-state index contributed by atoms with van der Waals surface area (Å²) in [6.45, 7) is 7.20. The van der Waals surface area contributed by atoms with Crippen LogP contribution in [0.15, 0.2) is 24.8 Å². The summed E-state index contributed by atoms with van der Waals surface area (Å²) >= 11 is 6.50. The summed E-state index contributed by atoms with van der Waals surface area (Å²) in [6, 6.07) is -0.606. The lowest BCUT2D eigenvalue weighted by molar-refractivity contribution is -0.105. The maximum atomic E-state index is 15.6. The minimum absolute atomic E-state index is 0.123. The van der Waals surface area contributed by atoms with Crippen molar-refractivity contribution < 1.29 is 13.4 Å². The molecular weight excluding hydrogens is 457 g/mol. The molecule has 0 saturated heterocycles. The number of carbonyl (C=O) groups excluding carboxylic acids is 1. The summed E-state index contributed by atoms with van der Waals surface area (Å²) in [5.74, 6) is -0.299. The first-order chi connectivity index (χ1) is 15.1. The number of rotatable bonds is 6. The Balaban J connectivity index is 1.84. The summed E-state index contributed by atoms with van der Waals surface area (Å²) in [6.07, 6.45) is 6.81. The molecule has 3 heterocycles. The smallest absolute Gasteiger partial charge is 0.212 e. The molecule has 0 fully saturated rings. The van der Waals surface area contributed by atoms with Crippen molar-refractivity contribution in [3.05, 3.63) is 41.2 Å². The molecule has 1 aromatic carbocycles. The highest BCUT2D eigenvalue weighted by molar-refractivity contribution is 7.84. The van der Waals surface area contributed by atoms with Crippen LogP contribution in [-0.2, 0) is 15.8 Å². The molecule has 3 N–H and O–H groups in total. The van der Waals surface area contributed by atoms with Crippen LogP contribution in [0.25, 0.3) is 27.8 Å². The van der Waals surface area contributed by atoms with E-state index in [1.807, 2.05) is 20.8 Å². The number of carbonyl (C=O) groups is 1. The van der Waals surface area contributed by atoms with Gasteiger partial charge >= 0.3 is 0 Å². The predicted molar refractivity (Wildman–Crippen MR) is 122 cm³/mol. The topological polar surface area (TPSA) is 117 Å². The first-order valence-electron chi connectivity index (χ1n) is 9.69. The third-order valence-corrected chi connectivity index (χ3v) is 6.94. The maximum Gasteiger partial charge on any atom is 0.212 e. The van der Waals surface area contributed by atoms with Crippen molar-refractivity contribution in [1.29, 1.82) is 0 Å². The lowest BCUT2D eigenvalue weighted by atomic mass is 9.99. The van der Waals surface area contributed by atoms with Crippen molar-refractivity contribution in [1.82, 2.24) is 29.3 Å². The predicted octanol–water partition coefficient (Wildman–Crippen LogP) is 3.75. The van der Waals surface area contributed by atoms with Gasteiger partial charge in [-0.05, 0) is 27.7 Å². The standard InChI is InChI=1S/C20H21ClFN7O2S/c1-10(28-32(31)20(2,3)4)15-18(22)17(21)16(11-5-25-27-19(11)15)12-7-29-8-13(24-9-30)26-14(29)6-23-12/h5-10,28H,1-4H3,(H,24,30)(H,25,27). The monoisotopic (exact) mass is 477 g/mol. The molecule has 0 aliphatic heterocycles. The molecule has 12 heteroatoms. The zero-order chi connectivity index (χ0) is 23.2. The molecule has 0 bridgehead atoms. The average molecular weight is 478 g/mol. The van der Waals surface area contributed by atoms with Gasteiger partial charge in [0.15, 0.2) is 11.5 Å². The van der Waals surface area contributed by atoms with Crippen LogP contribution in [0.2, 0.25) is 5.02 Å². The fourth-order valence-corrected chi connectivity index (χ4v) is 4.44. The molecular formula is C20H21ClFN7O2S. The molecule has 4 rings (SSSR count). The van der Waals surface area contributed by atoms with E-state index >= 15 is 4.39 Å². The van der Waals surface area contributed by atoms with Crippen molar-refractivity contribution >= 4 is 51.4 Å². The number of halogens is 2. The van der Waals surface area contributed by atoms with Crippen LogP contribution >= 0.6 is 11.6 Å². The lowest BCUT2D eigenvalue weighted by Gasteiger charge is -2.23. The maximum absolute atomic E-state index is 15.6. The van der Waals surface area contributed by atoms with Crippen molar-refractivity contribution in [3.8, 4) is 11.3 Å². The fourth-order valence-electron chi connectivity index (χ4n) is 3.35. The SMILES string of the molecule is CC(NS(=O)C(C)(C)C)c1c(F)c(Cl)c(-c2cn3cc(NC=O)nc3cn2)c2cn[nH]c12. The van der Waals surface area contributed by atoms with Crippen LogP contribution < -0.4 is 10.0 Å². The Bertz CT molecular complexity index is 1360. The van der Waals surface area contributed by atoms with Gasteiger partial charge in [0, 0.05) is 28.8 Å². The second-order valence-electron chi connectivity index (χ2n) is 8.22. The van der Waals surface area contributed by atoms with Crippen LogP contribution in [0.5, 0.6) is 0 Å². The Morgan fingerprint density at radius 3 is 2.75 bits per heavy atom. The van der Waals surface area contributed by atoms with Crippen molar-refractivity contribution in [2.45, 2.75) is 38.5 Å². The largest absolute Gasteiger partial charge is 0.312 e. The number of fused-ring (bicyclic) bond motifs is 2. The minimum atomic E-state index is -1.42. The number of nitrogens with zero attached hydrogens (tertiary/aromatic N) is 4. The zero-order valence-corrected chi connectivity index (χ0v) is 19.3. The van der Waals surface area contributed by atoms with Gasteiger partial charge in [-0.2, -0.15) is 5.10 Å². The highest BCUT2D eigenvalue weighted by atomic mass is 35.5. The zero-order valence-electron chi connectivity index (χ0n) is 17.7. The summed E-state index contributed by atoms with van der Waals surface area (Å²) in [7, 11) is -1.42. The van der Waals surface area contributed by atoms with Gasteiger partial charge < -0.3 is 9.72 Å².